The van der Waals surface area contributed by atoms with E-state index >= 15 is 0 Å². The Hall–Kier alpha value is -1.32. The summed E-state index contributed by atoms with van der Waals surface area (Å²) in [5, 5.41) is 4.16. The van der Waals surface area contributed by atoms with Gasteiger partial charge in [0.05, 0.1) is 0 Å². The van der Waals surface area contributed by atoms with E-state index in [1.165, 1.54) is 5.56 Å². The molecule has 2 nitrogen and oxygen atoms in total. The van der Waals surface area contributed by atoms with Crippen LogP contribution in [0.15, 0.2) is 41.1 Å². The van der Waals surface area contributed by atoms with Gasteiger partial charge >= 0.3 is 0 Å². The molecule has 0 radical (unpaired) electrons. The van der Waals surface area contributed by atoms with Crippen LogP contribution in [0.5, 0.6) is 5.75 Å². The normalized spacial score (nSPS) is 14.7. The summed E-state index contributed by atoms with van der Waals surface area (Å²) in [6.45, 7) is 8.72. The van der Waals surface area contributed by atoms with E-state index in [9.17, 15) is 0 Å². The van der Waals surface area contributed by atoms with Gasteiger partial charge in [0.15, 0.2) is 0 Å². The van der Waals surface area contributed by atoms with Gasteiger partial charge in [-0.1, -0.05) is 32.9 Å². The number of hydrogen-bond acceptors (Lipinski definition) is 3. The van der Waals surface area contributed by atoms with Crippen molar-refractivity contribution in [3.05, 3.63) is 52.2 Å². The van der Waals surface area contributed by atoms with Crippen molar-refractivity contribution in [3.8, 4) is 5.75 Å². The Morgan fingerprint density at radius 1 is 1.19 bits per heavy atom. The van der Waals surface area contributed by atoms with Crippen molar-refractivity contribution in [3.63, 3.8) is 0 Å². The Kier molecular flexibility index (Phi) is 5.07. The summed E-state index contributed by atoms with van der Waals surface area (Å²) in [5.74, 6) is 0.874. The molecule has 0 bridgehead atoms. The molecule has 0 fully saturated rings. The SMILES string of the molecule is CCC(C)(C)c1ccc(OC(c2ccsc2)C(C)N)cc1. The van der Waals surface area contributed by atoms with Crippen LogP contribution in [0.3, 0.4) is 0 Å². The predicted molar refractivity (Wildman–Crippen MR) is 91.1 cm³/mol. The van der Waals surface area contributed by atoms with E-state index in [2.05, 4.69) is 61.9 Å². The number of rotatable bonds is 6. The van der Waals surface area contributed by atoms with Gasteiger partial charge in [-0.2, -0.15) is 11.3 Å². The lowest BCUT2D eigenvalue weighted by Crippen LogP contribution is -2.28. The van der Waals surface area contributed by atoms with E-state index in [-0.39, 0.29) is 17.6 Å². The molecule has 0 aliphatic heterocycles. The highest BCUT2D eigenvalue weighted by molar-refractivity contribution is 7.07. The van der Waals surface area contributed by atoms with E-state index in [0.717, 1.165) is 17.7 Å². The molecule has 2 atom stereocenters. The Balaban J connectivity index is 2.15. The standard InChI is InChI=1S/C18H25NOS/c1-5-18(3,4)15-6-8-16(9-7-15)20-17(13(2)19)14-10-11-21-12-14/h6-13,17H,5,19H2,1-4H3. The van der Waals surface area contributed by atoms with Gasteiger partial charge in [0.25, 0.3) is 0 Å². The van der Waals surface area contributed by atoms with E-state index in [1.54, 1.807) is 11.3 Å². The van der Waals surface area contributed by atoms with Crippen molar-refractivity contribution in [2.24, 2.45) is 5.73 Å². The molecule has 0 saturated carbocycles. The molecule has 21 heavy (non-hydrogen) atoms. The number of hydrogen-bond donors (Lipinski definition) is 1. The number of thiophene rings is 1. The molecule has 1 aromatic carbocycles. The minimum Gasteiger partial charge on any atom is -0.484 e. The first-order valence-corrected chi connectivity index (χ1v) is 8.43. The van der Waals surface area contributed by atoms with Crippen LogP contribution >= 0.6 is 11.3 Å². The minimum atomic E-state index is -0.0960. The van der Waals surface area contributed by atoms with Crippen LogP contribution in [0.25, 0.3) is 0 Å². The first-order valence-electron chi connectivity index (χ1n) is 7.49. The van der Waals surface area contributed by atoms with E-state index in [1.807, 2.05) is 6.92 Å². The van der Waals surface area contributed by atoms with Crippen LogP contribution in [0.1, 0.15) is 51.3 Å². The average molecular weight is 303 g/mol. The smallest absolute Gasteiger partial charge is 0.139 e. The zero-order valence-electron chi connectivity index (χ0n) is 13.3. The minimum absolute atomic E-state index is 0.0497. The van der Waals surface area contributed by atoms with Crippen LogP contribution in [-0.2, 0) is 5.41 Å². The highest BCUT2D eigenvalue weighted by atomic mass is 32.1. The predicted octanol–water partition coefficient (Wildman–Crippen LogP) is 4.90. The zero-order chi connectivity index (χ0) is 15.5. The van der Waals surface area contributed by atoms with Crippen LogP contribution in [0.4, 0.5) is 0 Å². The summed E-state index contributed by atoms with van der Waals surface area (Å²) < 4.78 is 6.10. The fourth-order valence-corrected chi connectivity index (χ4v) is 2.94. The number of benzene rings is 1. The third kappa shape index (κ3) is 3.86. The molecule has 1 aromatic heterocycles. The fourth-order valence-electron chi connectivity index (χ4n) is 2.25. The maximum atomic E-state index is 6.10. The van der Waals surface area contributed by atoms with Crippen molar-refractivity contribution in [2.75, 3.05) is 0 Å². The van der Waals surface area contributed by atoms with Crippen LogP contribution in [-0.4, -0.2) is 6.04 Å². The molecule has 0 aliphatic rings. The summed E-state index contributed by atoms with van der Waals surface area (Å²) in [7, 11) is 0. The van der Waals surface area contributed by atoms with Gasteiger partial charge < -0.3 is 10.5 Å². The lowest BCUT2D eigenvalue weighted by molar-refractivity contribution is 0.181. The van der Waals surface area contributed by atoms with Crippen LogP contribution in [0.2, 0.25) is 0 Å². The third-order valence-electron chi connectivity index (χ3n) is 4.13. The Bertz CT molecular complexity index is 543. The number of nitrogens with two attached hydrogens (primary N) is 1. The molecule has 2 aromatic rings. The average Bonchev–Trinajstić information content (AvgIpc) is 2.98. The lowest BCUT2D eigenvalue weighted by atomic mass is 9.82. The van der Waals surface area contributed by atoms with Gasteiger partial charge in [0, 0.05) is 11.6 Å². The van der Waals surface area contributed by atoms with Gasteiger partial charge in [0.2, 0.25) is 0 Å². The molecule has 0 spiro atoms. The summed E-state index contributed by atoms with van der Waals surface area (Å²) in [6, 6.07) is 10.4. The third-order valence-corrected chi connectivity index (χ3v) is 4.83. The molecular weight excluding hydrogens is 278 g/mol. The summed E-state index contributed by atoms with van der Waals surface area (Å²) in [5.41, 5.74) is 8.76. The molecule has 3 heteroatoms. The molecule has 0 aliphatic carbocycles. The quantitative estimate of drug-likeness (QED) is 0.823. The van der Waals surface area contributed by atoms with Gasteiger partial charge in [-0.25, -0.2) is 0 Å². The van der Waals surface area contributed by atoms with Crippen LogP contribution < -0.4 is 10.5 Å². The lowest BCUT2D eigenvalue weighted by Gasteiger charge is -2.25. The van der Waals surface area contributed by atoms with Crippen LogP contribution in [0, 0.1) is 0 Å². The van der Waals surface area contributed by atoms with Crippen molar-refractivity contribution in [1.29, 1.82) is 0 Å². The van der Waals surface area contributed by atoms with E-state index in [4.69, 9.17) is 10.5 Å². The second-order valence-corrected chi connectivity index (χ2v) is 7.00. The van der Waals surface area contributed by atoms with Gasteiger partial charge in [-0.3, -0.25) is 0 Å². The van der Waals surface area contributed by atoms with E-state index < -0.39 is 0 Å². The molecule has 0 saturated heterocycles. The maximum Gasteiger partial charge on any atom is 0.139 e. The zero-order valence-corrected chi connectivity index (χ0v) is 14.1. The van der Waals surface area contributed by atoms with Gasteiger partial charge in [0.1, 0.15) is 11.9 Å². The monoisotopic (exact) mass is 303 g/mol. The fraction of sp³-hybridized carbons (Fsp3) is 0.444. The number of ether oxygens (including phenoxy) is 1. The molecular formula is C18H25NOS. The molecule has 0 amide bonds. The van der Waals surface area contributed by atoms with Crippen molar-refractivity contribution < 1.29 is 4.74 Å². The maximum absolute atomic E-state index is 6.10. The second kappa shape index (κ2) is 6.63. The van der Waals surface area contributed by atoms with Crippen molar-refractivity contribution >= 4 is 11.3 Å². The summed E-state index contributed by atoms with van der Waals surface area (Å²) >= 11 is 1.67. The molecule has 2 rings (SSSR count). The Morgan fingerprint density at radius 2 is 1.86 bits per heavy atom. The van der Waals surface area contributed by atoms with E-state index in [0.29, 0.717) is 0 Å². The molecule has 1 heterocycles. The largest absolute Gasteiger partial charge is 0.484 e. The Morgan fingerprint density at radius 3 is 2.33 bits per heavy atom. The van der Waals surface area contributed by atoms with Gasteiger partial charge in [-0.05, 0) is 53.3 Å². The second-order valence-electron chi connectivity index (χ2n) is 6.22. The van der Waals surface area contributed by atoms with Crippen molar-refractivity contribution in [2.45, 2.75) is 51.7 Å². The highest BCUT2D eigenvalue weighted by Crippen LogP contribution is 2.30. The first-order chi connectivity index (χ1) is 9.94. The highest BCUT2D eigenvalue weighted by Gasteiger charge is 2.20. The molecule has 114 valence electrons. The first kappa shape index (κ1) is 16.1. The van der Waals surface area contributed by atoms with Gasteiger partial charge in [-0.15, -0.1) is 0 Å². The topological polar surface area (TPSA) is 35.2 Å². The summed E-state index contributed by atoms with van der Waals surface area (Å²) in [4.78, 5) is 0. The van der Waals surface area contributed by atoms with Crippen molar-refractivity contribution in [1.82, 2.24) is 0 Å². The summed E-state index contributed by atoms with van der Waals surface area (Å²) in [6.07, 6.45) is 1.02. The Labute approximate surface area is 132 Å². The molecule has 2 unspecified atom stereocenters. The molecule has 2 N–H and O–H groups in total.